The Bertz CT molecular complexity index is 1230. The minimum atomic E-state index is -0.503. The molecule has 7 nitrogen and oxygen atoms in total. The summed E-state index contributed by atoms with van der Waals surface area (Å²) in [6, 6.07) is 10.5. The Balaban J connectivity index is 1.33. The molecule has 4 rings (SSSR count). The van der Waals surface area contributed by atoms with Gasteiger partial charge in [0.05, 0.1) is 10.6 Å². The van der Waals surface area contributed by atoms with Gasteiger partial charge in [-0.15, -0.1) is 0 Å². The molecule has 2 heterocycles. The van der Waals surface area contributed by atoms with Gasteiger partial charge in [0.15, 0.2) is 5.78 Å². The second-order valence-corrected chi connectivity index (χ2v) is 9.38. The number of amides is 2. The minimum Gasteiger partial charge on any atom is -0.350 e. The number of carbonyl (C=O) groups is 3. The molecule has 1 atom stereocenters. The molecule has 0 bridgehead atoms. The number of aliphatic imine (C=N–C) groups is 1. The number of rotatable bonds is 9. The zero-order valence-corrected chi connectivity index (χ0v) is 20.8. The van der Waals surface area contributed by atoms with E-state index in [2.05, 4.69) is 27.4 Å². The molecule has 0 aliphatic carbocycles. The van der Waals surface area contributed by atoms with Crippen molar-refractivity contribution in [2.45, 2.75) is 26.2 Å². The molecule has 0 radical (unpaired) electrons. The van der Waals surface area contributed by atoms with Gasteiger partial charge in [-0.1, -0.05) is 30.7 Å². The number of nitrogens with one attached hydrogen (secondary N) is 2. The first-order valence-corrected chi connectivity index (χ1v) is 12.4. The number of ketones is 1. The Morgan fingerprint density at radius 1 is 1.14 bits per heavy atom. The standard InChI is InChI=1S/C27H28ClFN4O3/c1-2-33-12-10-18(16-33)15-31-27(36)25-22(9-11-30-25)26(35)32-20-6-3-17(4-7-20)13-24(34)21-8-5-19(29)14-23(21)28/h3-8,11,14,18H,2,9-10,12-13,15-16H2,1H3,(H,31,36)(H,32,35). The maximum Gasteiger partial charge on any atom is 0.270 e. The van der Waals surface area contributed by atoms with Crippen molar-refractivity contribution >= 4 is 41.1 Å². The summed E-state index contributed by atoms with van der Waals surface area (Å²) in [6.45, 7) is 5.70. The van der Waals surface area contributed by atoms with Crippen LogP contribution in [0.5, 0.6) is 0 Å². The van der Waals surface area contributed by atoms with Gasteiger partial charge in [-0.3, -0.25) is 19.4 Å². The summed E-state index contributed by atoms with van der Waals surface area (Å²) in [6.07, 6.45) is 2.97. The van der Waals surface area contributed by atoms with Crippen molar-refractivity contribution in [3.8, 4) is 0 Å². The average molecular weight is 511 g/mol. The predicted molar refractivity (Wildman–Crippen MR) is 138 cm³/mol. The first-order chi connectivity index (χ1) is 17.3. The van der Waals surface area contributed by atoms with Gasteiger partial charge < -0.3 is 15.5 Å². The molecule has 0 aromatic heterocycles. The smallest absolute Gasteiger partial charge is 0.270 e. The Morgan fingerprint density at radius 3 is 2.61 bits per heavy atom. The molecule has 1 saturated heterocycles. The van der Waals surface area contributed by atoms with Crippen LogP contribution in [0.3, 0.4) is 0 Å². The van der Waals surface area contributed by atoms with E-state index in [0.29, 0.717) is 23.7 Å². The zero-order chi connectivity index (χ0) is 25.7. The number of halogens is 2. The molecule has 188 valence electrons. The number of benzene rings is 2. The third-order valence-electron chi connectivity index (χ3n) is 6.47. The summed E-state index contributed by atoms with van der Waals surface area (Å²) in [5, 5.41) is 5.79. The van der Waals surface area contributed by atoms with E-state index in [4.69, 9.17) is 11.6 Å². The third-order valence-corrected chi connectivity index (χ3v) is 6.78. The van der Waals surface area contributed by atoms with Gasteiger partial charge in [0.25, 0.3) is 11.8 Å². The Kier molecular flexibility index (Phi) is 8.28. The van der Waals surface area contributed by atoms with Crippen molar-refractivity contribution < 1.29 is 18.8 Å². The second kappa shape index (κ2) is 11.6. The number of anilines is 1. The van der Waals surface area contributed by atoms with Crippen LogP contribution in [0.4, 0.5) is 10.1 Å². The van der Waals surface area contributed by atoms with Crippen LogP contribution in [-0.2, 0) is 16.0 Å². The van der Waals surface area contributed by atoms with Gasteiger partial charge in [0, 0.05) is 43.4 Å². The van der Waals surface area contributed by atoms with Gasteiger partial charge in [-0.25, -0.2) is 4.39 Å². The normalized spacial score (nSPS) is 17.5. The lowest BCUT2D eigenvalue weighted by molar-refractivity contribution is -0.118. The molecule has 36 heavy (non-hydrogen) atoms. The van der Waals surface area contributed by atoms with E-state index in [1.54, 1.807) is 30.5 Å². The lowest BCUT2D eigenvalue weighted by Gasteiger charge is -2.14. The van der Waals surface area contributed by atoms with Gasteiger partial charge in [-0.2, -0.15) is 0 Å². The maximum absolute atomic E-state index is 13.2. The highest BCUT2D eigenvalue weighted by molar-refractivity contribution is 6.34. The van der Waals surface area contributed by atoms with Crippen LogP contribution in [0.2, 0.25) is 5.02 Å². The Labute approximate surface area is 214 Å². The van der Waals surface area contributed by atoms with Crippen LogP contribution >= 0.6 is 11.6 Å². The Hall–Kier alpha value is -3.36. The van der Waals surface area contributed by atoms with E-state index >= 15 is 0 Å². The maximum atomic E-state index is 13.2. The molecule has 1 fully saturated rings. The number of carbonyl (C=O) groups excluding carboxylic acids is 3. The molecule has 9 heteroatoms. The molecule has 0 spiro atoms. The molecular weight excluding hydrogens is 483 g/mol. The monoisotopic (exact) mass is 510 g/mol. The Morgan fingerprint density at radius 2 is 1.92 bits per heavy atom. The van der Waals surface area contributed by atoms with Crippen molar-refractivity contribution in [2.75, 3.05) is 31.5 Å². The molecule has 2 aliphatic heterocycles. The van der Waals surface area contributed by atoms with Crippen LogP contribution < -0.4 is 10.6 Å². The largest absolute Gasteiger partial charge is 0.350 e. The summed E-state index contributed by atoms with van der Waals surface area (Å²) in [7, 11) is 0. The first-order valence-electron chi connectivity index (χ1n) is 12.0. The number of hydrogen-bond donors (Lipinski definition) is 2. The molecular formula is C27H28ClFN4O3. The van der Waals surface area contributed by atoms with Gasteiger partial charge in [0.1, 0.15) is 11.5 Å². The number of Topliss-reactive ketones (excluding diaryl/α,β-unsaturated/α-hetero) is 1. The second-order valence-electron chi connectivity index (χ2n) is 8.98. The van der Waals surface area contributed by atoms with Gasteiger partial charge in [0.2, 0.25) is 0 Å². The first kappa shape index (κ1) is 25.7. The van der Waals surface area contributed by atoms with E-state index in [1.807, 2.05) is 0 Å². The summed E-state index contributed by atoms with van der Waals surface area (Å²) in [4.78, 5) is 44.5. The summed E-state index contributed by atoms with van der Waals surface area (Å²) in [5.74, 6) is -1.06. The minimum absolute atomic E-state index is 0.0713. The highest BCUT2D eigenvalue weighted by atomic mass is 35.5. The number of likely N-dealkylation sites (tertiary alicyclic amines) is 1. The fraction of sp³-hybridized carbons (Fsp3) is 0.333. The van der Waals surface area contributed by atoms with Crippen molar-refractivity contribution in [1.29, 1.82) is 0 Å². The van der Waals surface area contributed by atoms with E-state index in [9.17, 15) is 18.8 Å². The lowest BCUT2D eigenvalue weighted by Crippen LogP contribution is -2.32. The fourth-order valence-electron chi connectivity index (χ4n) is 4.39. The van der Waals surface area contributed by atoms with E-state index < -0.39 is 11.7 Å². The van der Waals surface area contributed by atoms with E-state index in [0.717, 1.165) is 37.7 Å². The summed E-state index contributed by atoms with van der Waals surface area (Å²) < 4.78 is 13.2. The molecule has 2 N–H and O–H groups in total. The van der Waals surface area contributed by atoms with Crippen molar-refractivity contribution in [3.63, 3.8) is 0 Å². The predicted octanol–water partition coefficient (Wildman–Crippen LogP) is 4.03. The van der Waals surface area contributed by atoms with Crippen molar-refractivity contribution in [1.82, 2.24) is 10.2 Å². The average Bonchev–Trinajstić information content (AvgIpc) is 3.53. The van der Waals surface area contributed by atoms with E-state index in [-0.39, 0.29) is 40.8 Å². The quantitative estimate of drug-likeness (QED) is 0.498. The van der Waals surface area contributed by atoms with Crippen LogP contribution in [0.1, 0.15) is 35.7 Å². The molecule has 2 aromatic rings. The van der Waals surface area contributed by atoms with E-state index in [1.165, 1.54) is 12.1 Å². The highest BCUT2D eigenvalue weighted by Crippen LogP contribution is 2.22. The fourth-order valence-corrected chi connectivity index (χ4v) is 4.67. The zero-order valence-electron chi connectivity index (χ0n) is 20.0. The number of nitrogens with zero attached hydrogens (tertiary/aromatic N) is 2. The number of hydrogen-bond acceptors (Lipinski definition) is 5. The van der Waals surface area contributed by atoms with Gasteiger partial charge >= 0.3 is 0 Å². The molecule has 2 aliphatic rings. The van der Waals surface area contributed by atoms with Crippen LogP contribution in [0.25, 0.3) is 0 Å². The highest BCUT2D eigenvalue weighted by Gasteiger charge is 2.26. The SMILES string of the molecule is CCN1CCC(CNC(=O)C2=C(C(=O)Nc3ccc(CC(=O)c4ccc(F)cc4Cl)cc3)CC=N2)C1. The summed E-state index contributed by atoms with van der Waals surface area (Å²) in [5.41, 5.74) is 1.97. The molecule has 0 saturated carbocycles. The topological polar surface area (TPSA) is 90.9 Å². The van der Waals surface area contributed by atoms with Crippen LogP contribution in [0, 0.1) is 11.7 Å². The van der Waals surface area contributed by atoms with Crippen LogP contribution in [0.15, 0.2) is 58.7 Å². The lowest BCUT2D eigenvalue weighted by atomic mass is 10.0. The molecule has 1 unspecified atom stereocenters. The van der Waals surface area contributed by atoms with Crippen molar-refractivity contribution in [3.05, 3.63) is 75.7 Å². The third kappa shape index (κ3) is 6.25. The van der Waals surface area contributed by atoms with Crippen LogP contribution in [-0.4, -0.2) is 54.9 Å². The molecule has 2 amide bonds. The van der Waals surface area contributed by atoms with Gasteiger partial charge in [-0.05, 0) is 61.3 Å². The summed E-state index contributed by atoms with van der Waals surface area (Å²) >= 11 is 5.98. The van der Waals surface area contributed by atoms with Crippen molar-refractivity contribution in [2.24, 2.45) is 10.9 Å². The molecule has 2 aromatic carbocycles.